The molecule has 1 fully saturated rings. The van der Waals surface area contributed by atoms with Crippen molar-refractivity contribution in [1.82, 2.24) is 5.32 Å². The molecule has 2 aliphatic carbocycles. The Kier molecular flexibility index (Phi) is 5.90. The number of nitrogens with one attached hydrogen (secondary N) is 1. The SMILES string of the molecule is O=C(CC1C=CCC1)NC(CCO)C1CCCCC1. The van der Waals surface area contributed by atoms with Crippen LogP contribution in [0.3, 0.4) is 0 Å². The lowest BCUT2D eigenvalue weighted by atomic mass is 9.82. The second kappa shape index (κ2) is 7.68. The van der Waals surface area contributed by atoms with Crippen molar-refractivity contribution in [2.45, 2.75) is 63.8 Å². The van der Waals surface area contributed by atoms with Gasteiger partial charge >= 0.3 is 0 Å². The highest BCUT2D eigenvalue weighted by Gasteiger charge is 2.25. The molecule has 0 aliphatic heterocycles. The number of allylic oxidation sites excluding steroid dienone is 2. The minimum atomic E-state index is 0.167. The van der Waals surface area contributed by atoms with Gasteiger partial charge in [-0.1, -0.05) is 31.4 Å². The van der Waals surface area contributed by atoms with Crippen LogP contribution in [-0.2, 0) is 4.79 Å². The summed E-state index contributed by atoms with van der Waals surface area (Å²) in [4.78, 5) is 12.1. The third kappa shape index (κ3) is 4.64. The van der Waals surface area contributed by atoms with Gasteiger partial charge < -0.3 is 10.4 Å². The number of hydrogen-bond acceptors (Lipinski definition) is 2. The molecule has 2 unspecified atom stereocenters. The highest BCUT2D eigenvalue weighted by molar-refractivity contribution is 5.76. The van der Waals surface area contributed by atoms with E-state index in [2.05, 4.69) is 17.5 Å². The number of aliphatic hydroxyl groups excluding tert-OH is 1. The molecule has 1 saturated carbocycles. The first-order valence-corrected chi connectivity index (χ1v) is 7.86. The van der Waals surface area contributed by atoms with Crippen LogP contribution in [0.4, 0.5) is 0 Å². The van der Waals surface area contributed by atoms with Gasteiger partial charge in [-0.15, -0.1) is 0 Å². The van der Waals surface area contributed by atoms with Crippen molar-refractivity contribution in [1.29, 1.82) is 0 Å². The lowest BCUT2D eigenvalue weighted by Crippen LogP contribution is -2.42. The minimum absolute atomic E-state index is 0.167. The molecule has 3 heteroatoms. The Bertz CT molecular complexity index is 308. The van der Waals surface area contributed by atoms with Crippen LogP contribution in [-0.4, -0.2) is 23.7 Å². The molecule has 1 amide bonds. The van der Waals surface area contributed by atoms with E-state index in [1.807, 2.05) is 0 Å². The quantitative estimate of drug-likeness (QED) is 0.726. The number of rotatable bonds is 6. The zero-order valence-corrected chi connectivity index (χ0v) is 11.8. The van der Waals surface area contributed by atoms with Crippen LogP contribution >= 0.6 is 0 Å². The second-order valence-electron chi connectivity index (χ2n) is 6.05. The molecule has 2 N–H and O–H groups in total. The van der Waals surface area contributed by atoms with Crippen molar-refractivity contribution in [2.75, 3.05) is 6.61 Å². The molecule has 0 saturated heterocycles. The largest absolute Gasteiger partial charge is 0.396 e. The van der Waals surface area contributed by atoms with Crippen LogP contribution in [0.1, 0.15) is 57.8 Å². The number of hydrogen-bond donors (Lipinski definition) is 2. The maximum absolute atomic E-state index is 12.1. The Morgan fingerprint density at radius 3 is 2.68 bits per heavy atom. The Hall–Kier alpha value is -0.830. The van der Waals surface area contributed by atoms with Gasteiger partial charge in [0, 0.05) is 19.1 Å². The predicted molar refractivity (Wildman–Crippen MR) is 76.7 cm³/mol. The van der Waals surface area contributed by atoms with Crippen molar-refractivity contribution in [2.24, 2.45) is 11.8 Å². The van der Waals surface area contributed by atoms with E-state index in [9.17, 15) is 9.90 Å². The fraction of sp³-hybridized carbons (Fsp3) is 0.812. The summed E-state index contributed by atoms with van der Waals surface area (Å²) in [5.41, 5.74) is 0. The number of carbonyl (C=O) groups excluding carboxylic acids is 1. The monoisotopic (exact) mass is 265 g/mol. The summed E-state index contributed by atoms with van der Waals surface area (Å²) >= 11 is 0. The Balaban J connectivity index is 1.80. The van der Waals surface area contributed by atoms with Gasteiger partial charge in [0.1, 0.15) is 0 Å². The smallest absolute Gasteiger partial charge is 0.220 e. The first-order chi connectivity index (χ1) is 9.29. The van der Waals surface area contributed by atoms with Gasteiger partial charge in [0.15, 0.2) is 0 Å². The van der Waals surface area contributed by atoms with E-state index in [-0.39, 0.29) is 18.6 Å². The number of amides is 1. The van der Waals surface area contributed by atoms with Gasteiger partial charge in [0.2, 0.25) is 5.91 Å². The van der Waals surface area contributed by atoms with Crippen LogP contribution < -0.4 is 5.32 Å². The van der Waals surface area contributed by atoms with E-state index in [1.165, 1.54) is 32.1 Å². The molecule has 2 rings (SSSR count). The van der Waals surface area contributed by atoms with E-state index < -0.39 is 0 Å². The van der Waals surface area contributed by atoms with Gasteiger partial charge in [-0.3, -0.25) is 4.79 Å². The fourth-order valence-electron chi connectivity index (χ4n) is 3.47. The molecular formula is C16H27NO2. The van der Waals surface area contributed by atoms with Gasteiger partial charge in [0.25, 0.3) is 0 Å². The summed E-state index contributed by atoms with van der Waals surface area (Å²) in [5, 5.41) is 12.4. The van der Waals surface area contributed by atoms with Crippen LogP contribution in [0.15, 0.2) is 12.2 Å². The standard InChI is InChI=1S/C16H27NO2/c18-11-10-15(14-8-2-1-3-9-14)17-16(19)12-13-6-4-5-7-13/h4,6,13-15,18H,1-3,5,7-12H2,(H,17,19). The molecule has 2 aliphatic rings. The molecule has 0 radical (unpaired) electrons. The molecule has 3 nitrogen and oxygen atoms in total. The average Bonchev–Trinajstić information content (AvgIpc) is 2.92. The maximum Gasteiger partial charge on any atom is 0.220 e. The Labute approximate surface area is 116 Å². The van der Waals surface area contributed by atoms with Gasteiger partial charge in [-0.2, -0.15) is 0 Å². The molecule has 0 aromatic carbocycles. The second-order valence-corrected chi connectivity index (χ2v) is 6.05. The Morgan fingerprint density at radius 2 is 2.05 bits per heavy atom. The first-order valence-electron chi connectivity index (χ1n) is 7.86. The van der Waals surface area contributed by atoms with E-state index in [1.54, 1.807) is 0 Å². The van der Waals surface area contributed by atoms with Crippen molar-refractivity contribution < 1.29 is 9.90 Å². The van der Waals surface area contributed by atoms with Crippen molar-refractivity contribution in [3.05, 3.63) is 12.2 Å². The summed E-state index contributed by atoms with van der Waals surface area (Å²) < 4.78 is 0. The molecule has 0 heterocycles. The van der Waals surface area contributed by atoms with E-state index in [4.69, 9.17) is 0 Å². The van der Waals surface area contributed by atoms with Gasteiger partial charge in [-0.25, -0.2) is 0 Å². The maximum atomic E-state index is 12.1. The third-order valence-corrected chi connectivity index (χ3v) is 4.57. The van der Waals surface area contributed by atoms with Gasteiger partial charge in [-0.05, 0) is 43.9 Å². The summed E-state index contributed by atoms with van der Waals surface area (Å²) in [6, 6.07) is 0.184. The molecule has 19 heavy (non-hydrogen) atoms. The van der Waals surface area contributed by atoms with E-state index >= 15 is 0 Å². The lowest BCUT2D eigenvalue weighted by molar-refractivity contribution is -0.123. The molecule has 0 spiro atoms. The van der Waals surface area contributed by atoms with E-state index in [0.29, 0.717) is 24.7 Å². The summed E-state index contributed by atoms with van der Waals surface area (Å²) in [7, 11) is 0. The lowest BCUT2D eigenvalue weighted by Gasteiger charge is -2.31. The average molecular weight is 265 g/mol. The molecule has 0 aromatic rings. The highest BCUT2D eigenvalue weighted by Crippen LogP contribution is 2.28. The van der Waals surface area contributed by atoms with Crippen LogP contribution in [0, 0.1) is 11.8 Å². The van der Waals surface area contributed by atoms with Gasteiger partial charge in [0.05, 0.1) is 0 Å². The minimum Gasteiger partial charge on any atom is -0.396 e. The summed E-state index contributed by atoms with van der Waals surface area (Å²) in [6.07, 6.45) is 14.2. The third-order valence-electron chi connectivity index (χ3n) is 4.57. The van der Waals surface area contributed by atoms with Crippen molar-refractivity contribution in [3.63, 3.8) is 0 Å². The Morgan fingerprint density at radius 1 is 1.26 bits per heavy atom. The zero-order valence-electron chi connectivity index (χ0n) is 11.8. The van der Waals surface area contributed by atoms with Crippen LogP contribution in [0.2, 0.25) is 0 Å². The molecule has 108 valence electrons. The topological polar surface area (TPSA) is 49.3 Å². The van der Waals surface area contributed by atoms with Crippen molar-refractivity contribution in [3.8, 4) is 0 Å². The molecule has 0 bridgehead atoms. The fourth-order valence-corrected chi connectivity index (χ4v) is 3.47. The van der Waals surface area contributed by atoms with Crippen LogP contribution in [0.5, 0.6) is 0 Å². The molecular weight excluding hydrogens is 238 g/mol. The zero-order chi connectivity index (χ0) is 13.5. The summed E-state index contributed by atoms with van der Waals surface area (Å²) in [6.45, 7) is 0.171. The molecule has 2 atom stereocenters. The highest BCUT2D eigenvalue weighted by atomic mass is 16.3. The van der Waals surface area contributed by atoms with Crippen LogP contribution in [0.25, 0.3) is 0 Å². The number of aliphatic hydroxyl groups is 1. The predicted octanol–water partition coefficient (Wildman–Crippen LogP) is 2.79. The van der Waals surface area contributed by atoms with E-state index in [0.717, 1.165) is 12.8 Å². The molecule has 0 aromatic heterocycles. The summed E-state index contributed by atoms with van der Waals surface area (Å²) in [5.74, 6) is 1.17. The normalized spacial score (nSPS) is 25.4. The first kappa shape index (κ1) is 14.6. The van der Waals surface area contributed by atoms with Crippen molar-refractivity contribution >= 4 is 5.91 Å². The number of carbonyl (C=O) groups is 1.